The van der Waals surface area contributed by atoms with Gasteiger partial charge in [-0.1, -0.05) is 42.5 Å². The second-order valence-corrected chi connectivity index (χ2v) is 5.63. The summed E-state index contributed by atoms with van der Waals surface area (Å²) in [7, 11) is 2.02. The predicted molar refractivity (Wildman–Crippen MR) is 101 cm³/mol. The summed E-state index contributed by atoms with van der Waals surface area (Å²) in [6, 6.07) is 20.0. The van der Waals surface area contributed by atoms with Crippen molar-refractivity contribution in [3.05, 3.63) is 72.4 Å². The predicted octanol–water partition coefficient (Wildman–Crippen LogP) is 4.26. The highest BCUT2D eigenvalue weighted by Gasteiger charge is 2.08. The molecule has 0 aliphatic heterocycles. The molecule has 0 fully saturated rings. The molecule has 0 saturated heterocycles. The Bertz CT molecular complexity index is 808. The van der Waals surface area contributed by atoms with Crippen LogP contribution in [0.1, 0.15) is 12.5 Å². The zero-order valence-electron chi connectivity index (χ0n) is 14.5. The van der Waals surface area contributed by atoms with E-state index in [1.807, 2.05) is 62.5 Å². The molecule has 3 aromatic rings. The summed E-state index contributed by atoms with van der Waals surface area (Å²) in [4.78, 5) is 11.0. The van der Waals surface area contributed by atoms with Crippen LogP contribution in [0.5, 0.6) is 5.75 Å². The van der Waals surface area contributed by atoms with Crippen molar-refractivity contribution in [3.8, 4) is 5.75 Å². The molecule has 25 heavy (non-hydrogen) atoms. The van der Waals surface area contributed by atoms with Crippen molar-refractivity contribution in [1.82, 2.24) is 9.97 Å². The van der Waals surface area contributed by atoms with Crippen LogP contribution in [0.4, 0.5) is 17.5 Å². The molecular formula is C20H22N4O. The standard InChI is InChI=1S/C20H22N4O/c1-3-25-18-12-8-7-11-17(18)22-20-21-14-13-19(23-20)24(2)15-16-9-5-4-6-10-16/h4-14H,3,15H2,1-2H3,(H,21,22,23). The second-order valence-electron chi connectivity index (χ2n) is 5.63. The average molecular weight is 334 g/mol. The minimum absolute atomic E-state index is 0.546. The van der Waals surface area contributed by atoms with Gasteiger partial charge in [0.05, 0.1) is 12.3 Å². The maximum atomic E-state index is 5.64. The molecular weight excluding hydrogens is 312 g/mol. The number of nitrogens with one attached hydrogen (secondary N) is 1. The Morgan fingerprint density at radius 2 is 1.76 bits per heavy atom. The highest BCUT2D eigenvalue weighted by atomic mass is 16.5. The summed E-state index contributed by atoms with van der Waals surface area (Å²) >= 11 is 0. The zero-order chi connectivity index (χ0) is 17.5. The van der Waals surface area contributed by atoms with Crippen LogP contribution in [0, 0.1) is 0 Å². The Morgan fingerprint density at radius 1 is 1.00 bits per heavy atom. The zero-order valence-corrected chi connectivity index (χ0v) is 14.5. The summed E-state index contributed by atoms with van der Waals surface area (Å²) in [5.41, 5.74) is 2.09. The molecule has 3 rings (SSSR count). The molecule has 0 radical (unpaired) electrons. The van der Waals surface area contributed by atoms with E-state index in [0.717, 1.165) is 23.8 Å². The van der Waals surface area contributed by atoms with E-state index >= 15 is 0 Å². The fraction of sp³-hybridized carbons (Fsp3) is 0.200. The molecule has 0 atom stereocenters. The summed E-state index contributed by atoms with van der Waals surface area (Å²) < 4.78 is 5.64. The van der Waals surface area contributed by atoms with Gasteiger partial charge >= 0.3 is 0 Å². The van der Waals surface area contributed by atoms with Crippen molar-refractivity contribution in [2.75, 3.05) is 23.9 Å². The lowest BCUT2D eigenvalue weighted by Gasteiger charge is -2.19. The topological polar surface area (TPSA) is 50.3 Å². The summed E-state index contributed by atoms with van der Waals surface area (Å²) in [5, 5.41) is 3.24. The number of nitrogens with zero attached hydrogens (tertiary/aromatic N) is 3. The van der Waals surface area contributed by atoms with Gasteiger partial charge in [-0.2, -0.15) is 4.98 Å². The number of hydrogen-bond donors (Lipinski definition) is 1. The molecule has 5 heteroatoms. The molecule has 0 aliphatic carbocycles. The number of rotatable bonds is 7. The number of ether oxygens (including phenoxy) is 1. The Labute approximate surface area is 148 Å². The number of para-hydroxylation sites is 2. The molecule has 0 amide bonds. The van der Waals surface area contributed by atoms with Gasteiger partial charge in [-0.05, 0) is 30.7 Å². The van der Waals surface area contributed by atoms with Crippen molar-refractivity contribution in [2.24, 2.45) is 0 Å². The third kappa shape index (κ3) is 4.47. The first-order valence-electron chi connectivity index (χ1n) is 8.33. The van der Waals surface area contributed by atoms with E-state index in [9.17, 15) is 0 Å². The molecule has 1 aromatic heterocycles. The molecule has 0 aliphatic rings. The number of benzene rings is 2. The van der Waals surface area contributed by atoms with Crippen molar-refractivity contribution in [3.63, 3.8) is 0 Å². The van der Waals surface area contributed by atoms with E-state index in [4.69, 9.17) is 4.74 Å². The van der Waals surface area contributed by atoms with E-state index in [1.54, 1.807) is 6.20 Å². The largest absolute Gasteiger partial charge is 0.492 e. The van der Waals surface area contributed by atoms with Gasteiger partial charge in [0, 0.05) is 19.8 Å². The lowest BCUT2D eigenvalue weighted by molar-refractivity contribution is 0.342. The molecule has 0 spiro atoms. The van der Waals surface area contributed by atoms with Crippen LogP contribution in [-0.2, 0) is 6.54 Å². The maximum Gasteiger partial charge on any atom is 0.229 e. The second kappa shape index (κ2) is 8.15. The average Bonchev–Trinajstić information content (AvgIpc) is 2.65. The van der Waals surface area contributed by atoms with Crippen LogP contribution in [0.3, 0.4) is 0 Å². The first-order valence-corrected chi connectivity index (χ1v) is 8.33. The molecule has 1 heterocycles. The van der Waals surface area contributed by atoms with Gasteiger partial charge in [0.1, 0.15) is 11.6 Å². The highest BCUT2D eigenvalue weighted by molar-refractivity contribution is 5.63. The van der Waals surface area contributed by atoms with E-state index < -0.39 is 0 Å². The Hall–Kier alpha value is -3.08. The molecule has 2 aromatic carbocycles. The smallest absolute Gasteiger partial charge is 0.229 e. The number of aromatic nitrogens is 2. The summed E-state index contributed by atoms with van der Waals surface area (Å²) in [5.74, 6) is 2.19. The van der Waals surface area contributed by atoms with Crippen molar-refractivity contribution >= 4 is 17.5 Å². The van der Waals surface area contributed by atoms with Gasteiger partial charge in [0.15, 0.2) is 0 Å². The number of hydrogen-bond acceptors (Lipinski definition) is 5. The van der Waals surface area contributed by atoms with E-state index in [2.05, 4.69) is 32.3 Å². The van der Waals surface area contributed by atoms with Crippen LogP contribution in [0.2, 0.25) is 0 Å². The fourth-order valence-corrected chi connectivity index (χ4v) is 2.53. The minimum atomic E-state index is 0.546. The fourth-order valence-electron chi connectivity index (χ4n) is 2.53. The van der Waals surface area contributed by atoms with Gasteiger partial charge in [-0.25, -0.2) is 4.98 Å². The third-order valence-corrected chi connectivity index (χ3v) is 3.73. The lowest BCUT2D eigenvalue weighted by atomic mass is 10.2. The summed E-state index contributed by atoms with van der Waals surface area (Å²) in [6.45, 7) is 3.36. The molecule has 5 nitrogen and oxygen atoms in total. The van der Waals surface area contributed by atoms with Crippen LogP contribution in [-0.4, -0.2) is 23.6 Å². The highest BCUT2D eigenvalue weighted by Crippen LogP contribution is 2.26. The lowest BCUT2D eigenvalue weighted by Crippen LogP contribution is -2.18. The third-order valence-electron chi connectivity index (χ3n) is 3.73. The van der Waals surface area contributed by atoms with Crippen LogP contribution < -0.4 is 15.0 Å². The summed E-state index contributed by atoms with van der Waals surface area (Å²) in [6.07, 6.45) is 1.76. The van der Waals surface area contributed by atoms with Crippen LogP contribution in [0.25, 0.3) is 0 Å². The van der Waals surface area contributed by atoms with Gasteiger partial charge in [0.2, 0.25) is 5.95 Å². The molecule has 0 unspecified atom stereocenters. The monoisotopic (exact) mass is 334 g/mol. The maximum absolute atomic E-state index is 5.64. The quantitative estimate of drug-likeness (QED) is 0.700. The van der Waals surface area contributed by atoms with Crippen LogP contribution in [0.15, 0.2) is 66.9 Å². The van der Waals surface area contributed by atoms with Gasteiger partial charge < -0.3 is 15.0 Å². The van der Waals surface area contributed by atoms with Gasteiger partial charge in [-0.3, -0.25) is 0 Å². The Kier molecular flexibility index (Phi) is 5.46. The molecule has 0 saturated carbocycles. The normalized spacial score (nSPS) is 10.3. The SMILES string of the molecule is CCOc1ccccc1Nc1nccc(N(C)Cc2ccccc2)n1. The van der Waals surface area contributed by atoms with Gasteiger partial charge in [0.25, 0.3) is 0 Å². The first kappa shape index (κ1) is 16.8. The first-order chi connectivity index (χ1) is 12.3. The molecule has 128 valence electrons. The van der Waals surface area contributed by atoms with E-state index in [1.165, 1.54) is 5.56 Å². The van der Waals surface area contributed by atoms with Crippen LogP contribution >= 0.6 is 0 Å². The molecule has 0 bridgehead atoms. The number of anilines is 3. The van der Waals surface area contributed by atoms with Gasteiger partial charge in [-0.15, -0.1) is 0 Å². The van der Waals surface area contributed by atoms with E-state index in [0.29, 0.717) is 12.6 Å². The van der Waals surface area contributed by atoms with E-state index in [-0.39, 0.29) is 0 Å². The molecule has 1 N–H and O–H groups in total. The van der Waals surface area contributed by atoms with Crippen molar-refractivity contribution < 1.29 is 4.74 Å². The van der Waals surface area contributed by atoms with Crippen molar-refractivity contribution in [2.45, 2.75) is 13.5 Å². The van der Waals surface area contributed by atoms with Crippen molar-refractivity contribution in [1.29, 1.82) is 0 Å². The Morgan fingerprint density at radius 3 is 2.56 bits per heavy atom. The minimum Gasteiger partial charge on any atom is -0.492 e. The Balaban J connectivity index is 1.75.